The fourth-order valence-electron chi connectivity index (χ4n) is 3.44. The van der Waals surface area contributed by atoms with Crippen molar-refractivity contribution in [2.45, 2.75) is 47.0 Å². The third-order valence-electron chi connectivity index (χ3n) is 4.31. The first kappa shape index (κ1) is 11.0. The van der Waals surface area contributed by atoms with E-state index in [1.54, 1.807) is 5.57 Å². The Morgan fingerprint density at radius 2 is 1.93 bits per heavy atom. The summed E-state index contributed by atoms with van der Waals surface area (Å²) in [6.07, 6.45) is 9.09. The van der Waals surface area contributed by atoms with E-state index < -0.39 is 0 Å². The molecule has 3 aliphatic carbocycles. The van der Waals surface area contributed by atoms with Crippen LogP contribution in [0.1, 0.15) is 47.0 Å². The third-order valence-corrected chi connectivity index (χ3v) is 4.31. The molecule has 15 heavy (non-hydrogen) atoms. The van der Waals surface area contributed by atoms with Gasteiger partial charge in [0.05, 0.1) is 0 Å². The minimum Gasteiger partial charge on any atom is -0.0802 e. The molecular weight excluding hydrogens is 180 g/mol. The van der Waals surface area contributed by atoms with Gasteiger partial charge >= 0.3 is 0 Å². The second-order valence-corrected chi connectivity index (χ2v) is 5.10. The average Bonchev–Trinajstić information content (AvgIpc) is 2.93. The fraction of sp³-hybridized carbons (Fsp3) is 0.733. The highest BCUT2D eigenvalue weighted by Crippen LogP contribution is 2.58. The first-order chi connectivity index (χ1) is 7.29. The van der Waals surface area contributed by atoms with E-state index in [0.717, 1.165) is 23.7 Å². The molecule has 0 aliphatic heterocycles. The van der Waals surface area contributed by atoms with Crippen LogP contribution in [0.2, 0.25) is 0 Å². The lowest BCUT2D eigenvalue weighted by atomic mass is 9.79. The lowest BCUT2D eigenvalue weighted by Crippen LogP contribution is -2.13. The van der Waals surface area contributed by atoms with Gasteiger partial charge in [0, 0.05) is 0 Å². The van der Waals surface area contributed by atoms with Gasteiger partial charge in [-0.2, -0.15) is 0 Å². The molecule has 0 heteroatoms. The largest absolute Gasteiger partial charge is 0.0802 e. The van der Waals surface area contributed by atoms with Crippen LogP contribution in [0, 0.1) is 23.7 Å². The van der Waals surface area contributed by atoms with E-state index in [9.17, 15) is 0 Å². The summed E-state index contributed by atoms with van der Waals surface area (Å²) in [6.45, 7) is 8.84. The molecule has 0 aromatic rings. The highest BCUT2D eigenvalue weighted by molar-refractivity contribution is 5.41. The van der Waals surface area contributed by atoms with E-state index >= 15 is 0 Å². The van der Waals surface area contributed by atoms with Gasteiger partial charge < -0.3 is 0 Å². The molecule has 3 rings (SSSR count). The van der Waals surface area contributed by atoms with Crippen LogP contribution in [0.3, 0.4) is 0 Å². The minimum absolute atomic E-state index is 0.881. The van der Waals surface area contributed by atoms with Gasteiger partial charge in [-0.3, -0.25) is 0 Å². The molecule has 84 valence electrons. The van der Waals surface area contributed by atoms with Crippen molar-refractivity contribution < 1.29 is 0 Å². The second kappa shape index (κ2) is 4.15. The SMILES string of the molecule is CC.CC1CCCC2=C1C1C(C)C1C=C2. The molecule has 0 N–H and O–H groups in total. The summed E-state index contributed by atoms with van der Waals surface area (Å²) < 4.78 is 0. The highest BCUT2D eigenvalue weighted by atomic mass is 14.5. The maximum absolute atomic E-state index is 2.46. The Kier molecular flexibility index (Phi) is 3.04. The zero-order valence-corrected chi connectivity index (χ0v) is 10.6. The van der Waals surface area contributed by atoms with Gasteiger partial charge in [0.25, 0.3) is 0 Å². The van der Waals surface area contributed by atoms with Gasteiger partial charge in [-0.25, -0.2) is 0 Å². The molecule has 0 heterocycles. The van der Waals surface area contributed by atoms with E-state index in [1.165, 1.54) is 19.3 Å². The second-order valence-electron chi connectivity index (χ2n) is 5.10. The Balaban J connectivity index is 0.000000404. The van der Waals surface area contributed by atoms with Crippen LogP contribution in [-0.2, 0) is 0 Å². The summed E-state index contributed by atoms with van der Waals surface area (Å²) in [4.78, 5) is 0. The van der Waals surface area contributed by atoms with Crippen molar-refractivity contribution in [2.24, 2.45) is 23.7 Å². The highest BCUT2D eigenvalue weighted by Gasteiger charge is 2.50. The van der Waals surface area contributed by atoms with Crippen molar-refractivity contribution in [1.82, 2.24) is 0 Å². The van der Waals surface area contributed by atoms with Crippen molar-refractivity contribution in [3.05, 3.63) is 23.3 Å². The molecule has 0 nitrogen and oxygen atoms in total. The maximum Gasteiger partial charge on any atom is -0.00973 e. The molecule has 0 aromatic heterocycles. The van der Waals surface area contributed by atoms with E-state index in [4.69, 9.17) is 0 Å². The van der Waals surface area contributed by atoms with E-state index in [1.807, 2.05) is 19.4 Å². The molecule has 0 amide bonds. The van der Waals surface area contributed by atoms with Crippen molar-refractivity contribution in [3.63, 3.8) is 0 Å². The van der Waals surface area contributed by atoms with Gasteiger partial charge in [0.15, 0.2) is 0 Å². The molecular formula is C15H24. The molecule has 0 bridgehead atoms. The summed E-state index contributed by atoms with van der Waals surface area (Å²) >= 11 is 0. The predicted octanol–water partition coefficient (Wildman–Crippen LogP) is 4.58. The summed E-state index contributed by atoms with van der Waals surface area (Å²) in [5.74, 6) is 3.70. The molecule has 1 fully saturated rings. The molecule has 3 aliphatic rings. The Labute approximate surface area is 94.5 Å². The molecule has 0 radical (unpaired) electrons. The maximum atomic E-state index is 2.46. The molecule has 0 aromatic carbocycles. The van der Waals surface area contributed by atoms with Gasteiger partial charge in [0.2, 0.25) is 0 Å². The van der Waals surface area contributed by atoms with Gasteiger partial charge in [-0.05, 0) is 48.5 Å². The van der Waals surface area contributed by atoms with Crippen LogP contribution in [0.25, 0.3) is 0 Å². The minimum atomic E-state index is 0.881. The Morgan fingerprint density at radius 3 is 2.67 bits per heavy atom. The van der Waals surface area contributed by atoms with Gasteiger partial charge in [-0.1, -0.05) is 45.4 Å². The topological polar surface area (TPSA) is 0 Å². The van der Waals surface area contributed by atoms with Crippen molar-refractivity contribution >= 4 is 0 Å². The molecule has 1 saturated carbocycles. The van der Waals surface area contributed by atoms with E-state index in [-0.39, 0.29) is 0 Å². The summed E-state index contributed by atoms with van der Waals surface area (Å²) in [5, 5.41) is 0. The lowest BCUT2D eigenvalue weighted by Gasteiger charge is -2.27. The molecule has 0 saturated heterocycles. The van der Waals surface area contributed by atoms with Crippen LogP contribution in [0.15, 0.2) is 23.3 Å². The zero-order valence-electron chi connectivity index (χ0n) is 10.6. The van der Waals surface area contributed by atoms with E-state index in [2.05, 4.69) is 26.0 Å². The van der Waals surface area contributed by atoms with Crippen molar-refractivity contribution in [3.8, 4) is 0 Å². The van der Waals surface area contributed by atoms with Crippen LogP contribution in [0.4, 0.5) is 0 Å². The van der Waals surface area contributed by atoms with Crippen molar-refractivity contribution in [1.29, 1.82) is 0 Å². The average molecular weight is 204 g/mol. The lowest BCUT2D eigenvalue weighted by molar-refractivity contribution is 0.503. The van der Waals surface area contributed by atoms with Crippen LogP contribution < -0.4 is 0 Å². The Bertz CT molecular complexity index is 295. The predicted molar refractivity (Wildman–Crippen MR) is 66.7 cm³/mol. The Hall–Kier alpha value is -0.520. The number of fused-ring (bicyclic) bond motifs is 2. The Morgan fingerprint density at radius 1 is 1.20 bits per heavy atom. The number of hydrogen-bond acceptors (Lipinski definition) is 0. The van der Waals surface area contributed by atoms with Crippen LogP contribution in [-0.4, -0.2) is 0 Å². The standard InChI is InChI=1S/C13H18.C2H6/c1-8-4-3-5-10-6-7-11-9(2)13(11)12(8)10;1-2/h6-9,11,13H,3-5H2,1-2H3;1-2H3. The monoisotopic (exact) mass is 204 g/mol. The third kappa shape index (κ3) is 1.68. The van der Waals surface area contributed by atoms with Crippen LogP contribution >= 0.6 is 0 Å². The quantitative estimate of drug-likeness (QED) is 0.542. The van der Waals surface area contributed by atoms with Crippen molar-refractivity contribution in [2.75, 3.05) is 0 Å². The summed E-state index contributed by atoms with van der Waals surface area (Å²) in [6, 6.07) is 0. The summed E-state index contributed by atoms with van der Waals surface area (Å²) in [5.41, 5.74) is 3.54. The van der Waals surface area contributed by atoms with Crippen LogP contribution in [0.5, 0.6) is 0 Å². The molecule has 4 atom stereocenters. The number of hydrogen-bond donors (Lipinski definition) is 0. The summed E-state index contributed by atoms with van der Waals surface area (Å²) in [7, 11) is 0. The number of rotatable bonds is 0. The molecule has 0 spiro atoms. The van der Waals surface area contributed by atoms with Gasteiger partial charge in [0.1, 0.15) is 0 Å². The number of allylic oxidation sites excluding steroid dienone is 4. The first-order valence-corrected chi connectivity index (χ1v) is 6.70. The normalized spacial score (nSPS) is 41.3. The zero-order chi connectivity index (χ0) is 11.0. The fourth-order valence-corrected chi connectivity index (χ4v) is 3.44. The first-order valence-electron chi connectivity index (χ1n) is 6.70. The van der Waals surface area contributed by atoms with E-state index in [0.29, 0.717) is 0 Å². The molecule has 4 unspecified atom stereocenters. The van der Waals surface area contributed by atoms with Gasteiger partial charge in [-0.15, -0.1) is 0 Å². The smallest absolute Gasteiger partial charge is 0.00973 e.